The maximum absolute atomic E-state index is 12.5. The smallest absolute Gasteiger partial charge is 0.210 e. The van der Waals surface area contributed by atoms with E-state index in [1.54, 1.807) is 30.5 Å². The number of ketones is 2. The molecule has 0 unspecified atom stereocenters. The molecule has 1 aliphatic rings. The van der Waals surface area contributed by atoms with E-state index in [2.05, 4.69) is 26.2 Å². The second kappa shape index (κ2) is 6.23. The lowest BCUT2D eigenvalue weighted by atomic mass is 9.92. The molecule has 22 heavy (non-hydrogen) atoms. The maximum atomic E-state index is 12.5. The van der Waals surface area contributed by atoms with E-state index >= 15 is 0 Å². The van der Waals surface area contributed by atoms with Crippen LogP contribution in [0.2, 0.25) is 0 Å². The fourth-order valence-electron chi connectivity index (χ4n) is 2.36. The van der Waals surface area contributed by atoms with Crippen LogP contribution in [0.1, 0.15) is 26.4 Å². The highest BCUT2D eigenvalue weighted by atomic mass is 79.9. The van der Waals surface area contributed by atoms with E-state index in [9.17, 15) is 9.59 Å². The molecule has 0 atom stereocenters. The Hall–Kier alpha value is -2.27. The van der Waals surface area contributed by atoms with Crippen molar-refractivity contribution >= 4 is 27.5 Å². The van der Waals surface area contributed by atoms with E-state index in [1.807, 2.05) is 18.2 Å². The van der Waals surface area contributed by atoms with E-state index in [4.69, 9.17) is 0 Å². The summed E-state index contributed by atoms with van der Waals surface area (Å²) >= 11 is 3.25. The molecule has 3 rings (SSSR count). The first-order chi connectivity index (χ1) is 10.7. The van der Waals surface area contributed by atoms with E-state index in [0.717, 1.165) is 5.69 Å². The van der Waals surface area contributed by atoms with Gasteiger partial charge in [0.25, 0.3) is 0 Å². The summed E-state index contributed by atoms with van der Waals surface area (Å²) in [6.07, 6.45) is 2.41. The SMILES string of the molecule is O=C1C(Br)=C(NCCc2ccccn2)C(=O)c2ccccc21. The molecule has 0 spiro atoms. The third-order valence-corrected chi connectivity index (χ3v) is 4.23. The Morgan fingerprint density at radius 1 is 0.955 bits per heavy atom. The molecule has 1 aromatic carbocycles. The quantitative estimate of drug-likeness (QED) is 0.914. The molecular formula is C17H13BrN2O2. The lowest BCUT2D eigenvalue weighted by molar-refractivity contribution is 0.0976. The molecule has 1 aliphatic carbocycles. The number of nitrogens with one attached hydrogen (secondary N) is 1. The molecule has 5 heteroatoms. The van der Waals surface area contributed by atoms with Gasteiger partial charge < -0.3 is 5.32 Å². The third kappa shape index (κ3) is 2.72. The van der Waals surface area contributed by atoms with Gasteiger partial charge in [0.15, 0.2) is 0 Å². The number of hydrogen-bond donors (Lipinski definition) is 1. The summed E-state index contributed by atoms with van der Waals surface area (Å²) in [5.74, 6) is -0.335. The molecule has 2 aromatic rings. The van der Waals surface area contributed by atoms with E-state index < -0.39 is 0 Å². The predicted octanol–water partition coefficient (Wildman–Crippen LogP) is 2.90. The average Bonchev–Trinajstić information content (AvgIpc) is 2.57. The number of fused-ring (bicyclic) bond motifs is 1. The second-order valence-corrected chi connectivity index (χ2v) is 5.68. The van der Waals surface area contributed by atoms with Crippen molar-refractivity contribution in [3.05, 3.63) is 75.7 Å². The van der Waals surface area contributed by atoms with Gasteiger partial charge in [-0.3, -0.25) is 14.6 Å². The van der Waals surface area contributed by atoms with Crippen LogP contribution >= 0.6 is 15.9 Å². The van der Waals surface area contributed by atoms with Crippen molar-refractivity contribution in [3.8, 4) is 0 Å². The van der Waals surface area contributed by atoms with E-state index in [-0.39, 0.29) is 16.0 Å². The highest BCUT2D eigenvalue weighted by Crippen LogP contribution is 2.28. The standard InChI is InChI=1S/C17H13BrN2O2/c18-14-15(20-10-8-11-5-3-4-9-19-11)17(22)13-7-2-1-6-12(13)16(14)21/h1-7,9,20H,8,10H2. The summed E-state index contributed by atoms with van der Waals surface area (Å²) < 4.78 is 0.289. The molecule has 0 amide bonds. The molecule has 0 bridgehead atoms. The first-order valence-electron chi connectivity index (χ1n) is 6.90. The van der Waals surface area contributed by atoms with Crippen LogP contribution < -0.4 is 5.32 Å². The topological polar surface area (TPSA) is 59.1 Å². The lowest BCUT2D eigenvalue weighted by Crippen LogP contribution is -2.30. The number of rotatable bonds is 4. The Bertz CT molecular complexity index is 769. The maximum Gasteiger partial charge on any atom is 0.210 e. The van der Waals surface area contributed by atoms with Crippen molar-refractivity contribution in [2.24, 2.45) is 0 Å². The Balaban J connectivity index is 1.77. The van der Waals surface area contributed by atoms with Crippen LogP contribution in [0.3, 0.4) is 0 Å². The van der Waals surface area contributed by atoms with Gasteiger partial charge in [-0.05, 0) is 28.1 Å². The molecular weight excluding hydrogens is 344 g/mol. The summed E-state index contributed by atoms with van der Waals surface area (Å²) in [6.45, 7) is 0.530. The second-order valence-electron chi connectivity index (χ2n) is 4.89. The average molecular weight is 357 g/mol. The normalized spacial score (nSPS) is 14.0. The summed E-state index contributed by atoms with van der Waals surface area (Å²) in [7, 11) is 0. The van der Waals surface area contributed by atoms with Crippen LogP contribution in [-0.4, -0.2) is 23.1 Å². The third-order valence-electron chi connectivity index (χ3n) is 3.47. The number of pyridine rings is 1. The molecule has 110 valence electrons. The van der Waals surface area contributed by atoms with Crippen LogP contribution in [0.4, 0.5) is 0 Å². The van der Waals surface area contributed by atoms with Gasteiger partial charge in [0.05, 0.1) is 4.48 Å². The zero-order valence-electron chi connectivity index (χ0n) is 11.7. The zero-order chi connectivity index (χ0) is 15.5. The van der Waals surface area contributed by atoms with Crippen molar-refractivity contribution < 1.29 is 9.59 Å². The molecule has 4 nitrogen and oxygen atoms in total. The first-order valence-corrected chi connectivity index (χ1v) is 7.70. The summed E-state index contributed by atoms with van der Waals surface area (Å²) in [4.78, 5) is 29.0. The Kier molecular flexibility index (Phi) is 4.15. The summed E-state index contributed by atoms with van der Waals surface area (Å²) in [5, 5.41) is 3.06. The van der Waals surface area contributed by atoms with E-state index in [0.29, 0.717) is 29.8 Å². The van der Waals surface area contributed by atoms with Crippen molar-refractivity contribution in [1.82, 2.24) is 10.3 Å². The van der Waals surface area contributed by atoms with Crippen LogP contribution in [0.15, 0.2) is 58.8 Å². The zero-order valence-corrected chi connectivity index (χ0v) is 13.3. The number of Topliss-reactive ketones (excluding diaryl/α,β-unsaturated/α-hetero) is 2. The minimum atomic E-state index is -0.171. The predicted molar refractivity (Wildman–Crippen MR) is 87.0 cm³/mol. The number of allylic oxidation sites excluding steroid dienone is 2. The van der Waals surface area contributed by atoms with Crippen LogP contribution in [0.25, 0.3) is 0 Å². The van der Waals surface area contributed by atoms with Crippen molar-refractivity contribution in [2.75, 3.05) is 6.54 Å². The molecule has 0 radical (unpaired) electrons. The number of nitrogens with zero attached hydrogens (tertiary/aromatic N) is 1. The molecule has 0 saturated carbocycles. The molecule has 0 fully saturated rings. The fraction of sp³-hybridized carbons (Fsp3) is 0.118. The van der Waals surface area contributed by atoms with Gasteiger partial charge in [-0.15, -0.1) is 0 Å². The highest BCUT2D eigenvalue weighted by molar-refractivity contribution is 9.12. The number of halogens is 1. The fourth-order valence-corrected chi connectivity index (χ4v) is 2.90. The van der Waals surface area contributed by atoms with E-state index in [1.165, 1.54) is 0 Å². The molecule has 1 aromatic heterocycles. The van der Waals surface area contributed by atoms with Crippen molar-refractivity contribution in [1.29, 1.82) is 0 Å². The van der Waals surface area contributed by atoms with Gasteiger partial charge >= 0.3 is 0 Å². The van der Waals surface area contributed by atoms with Crippen molar-refractivity contribution in [3.63, 3.8) is 0 Å². The minimum absolute atomic E-state index is 0.164. The summed E-state index contributed by atoms with van der Waals surface area (Å²) in [6, 6.07) is 12.6. The van der Waals surface area contributed by atoms with Gasteiger partial charge in [0.2, 0.25) is 11.6 Å². The summed E-state index contributed by atoms with van der Waals surface area (Å²) in [5.41, 5.74) is 2.13. The highest BCUT2D eigenvalue weighted by Gasteiger charge is 2.30. The number of carbonyl (C=O) groups excluding carboxylic acids is 2. The number of carbonyl (C=O) groups is 2. The van der Waals surface area contributed by atoms with Gasteiger partial charge in [-0.25, -0.2) is 0 Å². The van der Waals surface area contributed by atoms with Gasteiger partial charge in [0.1, 0.15) is 5.70 Å². The Morgan fingerprint density at radius 2 is 1.64 bits per heavy atom. The Labute approximate surface area is 136 Å². The molecule has 1 N–H and O–H groups in total. The Morgan fingerprint density at radius 3 is 2.32 bits per heavy atom. The number of aromatic nitrogens is 1. The molecule has 0 saturated heterocycles. The number of benzene rings is 1. The van der Waals surface area contributed by atoms with Crippen LogP contribution in [0, 0.1) is 0 Å². The van der Waals surface area contributed by atoms with Gasteiger partial charge in [0, 0.05) is 36.0 Å². The van der Waals surface area contributed by atoms with Crippen molar-refractivity contribution in [2.45, 2.75) is 6.42 Å². The first kappa shape index (κ1) is 14.7. The monoisotopic (exact) mass is 356 g/mol. The van der Waals surface area contributed by atoms with Crippen LogP contribution in [0.5, 0.6) is 0 Å². The largest absolute Gasteiger partial charge is 0.380 e. The molecule has 1 heterocycles. The minimum Gasteiger partial charge on any atom is -0.380 e. The lowest BCUT2D eigenvalue weighted by Gasteiger charge is -2.19. The van der Waals surface area contributed by atoms with Gasteiger partial charge in [-0.1, -0.05) is 30.3 Å². The van der Waals surface area contributed by atoms with Crippen LogP contribution in [-0.2, 0) is 6.42 Å². The number of hydrogen-bond acceptors (Lipinski definition) is 4. The molecule has 0 aliphatic heterocycles. The van der Waals surface area contributed by atoms with Gasteiger partial charge in [-0.2, -0.15) is 0 Å².